The smallest absolute Gasteiger partial charge is 0.264 e. The monoisotopic (exact) mass is 555 g/mol. The Morgan fingerprint density at radius 1 is 0.947 bits per heavy atom. The van der Waals surface area contributed by atoms with E-state index in [1.54, 1.807) is 50.2 Å². The Kier molecular flexibility index (Phi) is 9.94. The molecule has 0 spiro atoms. The summed E-state index contributed by atoms with van der Waals surface area (Å²) in [5, 5.41) is 3.38. The third-order valence-electron chi connectivity index (χ3n) is 6.40. The van der Waals surface area contributed by atoms with E-state index in [0.29, 0.717) is 16.3 Å². The third-order valence-corrected chi connectivity index (χ3v) is 8.41. The number of carbonyl (C=O) groups excluding carboxylic acids is 2. The maximum atomic E-state index is 13.9. The van der Waals surface area contributed by atoms with Crippen molar-refractivity contribution in [1.29, 1.82) is 0 Å². The SMILES string of the molecule is CCC(C)NC(=O)C(C)N(Cc1ccccc1)C(=O)CN(c1ccc(Cl)cc1C)S(=O)(=O)c1ccccc1. The van der Waals surface area contributed by atoms with E-state index < -0.39 is 28.5 Å². The number of benzene rings is 3. The van der Waals surface area contributed by atoms with Crippen molar-refractivity contribution >= 4 is 39.1 Å². The lowest BCUT2D eigenvalue weighted by molar-refractivity contribution is -0.139. The van der Waals surface area contributed by atoms with E-state index in [0.717, 1.165) is 16.3 Å². The molecule has 2 amide bonds. The van der Waals surface area contributed by atoms with Crippen molar-refractivity contribution in [2.45, 2.75) is 57.6 Å². The minimum atomic E-state index is -4.12. The highest BCUT2D eigenvalue weighted by Gasteiger charge is 2.33. The van der Waals surface area contributed by atoms with E-state index >= 15 is 0 Å². The van der Waals surface area contributed by atoms with Crippen LogP contribution >= 0.6 is 11.6 Å². The zero-order valence-corrected chi connectivity index (χ0v) is 23.7. The number of amides is 2. The third kappa shape index (κ3) is 7.14. The predicted molar refractivity (Wildman–Crippen MR) is 152 cm³/mol. The summed E-state index contributed by atoms with van der Waals surface area (Å²) in [7, 11) is -4.12. The molecular formula is C29H34ClN3O4S. The van der Waals surface area contributed by atoms with E-state index in [9.17, 15) is 18.0 Å². The maximum Gasteiger partial charge on any atom is 0.264 e. The zero-order chi connectivity index (χ0) is 27.9. The molecule has 0 bridgehead atoms. The van der Waals surface area contributed by atoms with Crippen LogP contribution in [-0.2, 0) is 26.2 Å². The molecule has 7 nitrogen and oxygen atoms in total. The number of nitrogens with zero attached hydrogens (tertiary/aromatic N) is 2. The molecule has 2 unspecified atom stereocenters. The number of carbonyl (C=O) groups is 2. The van der Waals surface area contributed by atoms with Gasteiger partial charge in [0.2, 0.25) is 11.8 Å². The van der Waals surface area contributed by atoms with Crippen molar-refractivity contribution in [1.82, 2.24) is 10.2 Å². The van der Waals surface area contributed by atoms with Crippen LogP contribution in [0.25, 0.3) is 0 Å². The second-order valence-electron chi connectivity index (χ2n) is 9.26. The zero-order valence-electron chi connectivity index (χ0n) is 22.1. The molecule has 9 heteroatoms. The standard InChI is InChI=1S/C29H34ClN3O4S/c1-5-22(3)31-29(35)23(4)32(19-24-12-8-6-9-13-24)28(34)20-33(27-17-16-25(30)18-21(27)2)38(36,37)26-14-10-7-11-15-26/h6-18,22-23H,5,19-20H2,1-4H3,(H,31,35). The quantitative estimate of drug-likeness (QED) is 0.353. The van der Waals surface area contributed by atoms with Crippen LogP contribution in [0.4, 0.5) is 5.69 Å². The highest BCUT2D eigenvalue weighted by molar-refractivity contribution is 7.92. The van der Waals surface area contributed by atoms with Crippen LogP contribution in [0, 0.1) is 6.92 Å². The molecule has 3 aromatic rings. The first-order chi connectivity index (χ1) is 18.0. The maximum absolute atomic E-state index is 13.9. The van der Waals surface area contributed by atoms with Gasteiger partial charge in [-0.2, -0.15) is 0 Å². The minimum Gasteiger partial charge on any atom is -0.352 e. The highest BCUT2D eigenvalue weighted by atomic mass is 35.5. The highest BCUT2D eigenvalue weighted by Crippen LogP contribution is 2.29. The van der Waals surface area contributed by atoms with Gasteiger partial charge in [-0.25, -0.2) is 8.42 Å². The van der Waals surface area contributed by atoms with Crippen LogP contribution in [0.15, 0.2) is 83.8 Å². The lowest BCUT2D eigenvalue weighted by Crippen LogP contribution is -2.52. The van der Waals surface area contributed by atoms with Crippen molar-refractivity contribution < 1.29 is 18.0 Å². The van der Waals surface area contributed by atoms with Crippen molar-refractivity contribution in [3.05, 3.63) is 95.0 Å². The Hall–Kier alpha value is -3.36. The van der Waals surface area contributed by atoms with Gasteiger partial charge >= 0.3 is 0 Å². The van der Waals surface area contributed by atoms with Crippen molar-refractivity contribution in [3.8, 4) is 0 Å². The van der Waals surface area contributed by atoms with E-state index in [1.165, 1.54) is 17.0 Å². The molecule has 202 valence electrons. The number of rotatable bonds is 11. The first-order valence-corrected chi connectivity index (χ1v) is 14.3. The number of sulfonamides is 1. The molecule has 0 saturated carbocycles. The van der Waals surface area contributed by atoms with Crippen LogP contribution in [0.2, 0.25) is 5.02 Å². The molecule has 38 heavy (non-hydrogen) atoms. The van der Waals surface area contributed by atoms with Crippen molar-refractivity contribution in [2.75, 3.05) is 10.8 Å². The Bertz CT molecular complexity index is 1350. The Labute approximate surface area is 230 Å². The lowest BCUT2D eigenvalue weighted by Gasteiger charge is -2.33. The summed E-state index contributed by atoms with van der Waals surface area (Å²) in [6.07, 6.45) is 0.740. The van der Waals surface area contributed by atoms with Gasteiger partial charge in [-0.05, 0) is 68.7 Å². The van der Waals surface area contributed by atoms with E-state index in [-0.39, 0.29) is 23.4 Å². The molecule has 0 fully saturated rings. The number of halogens is 1. The molecule has 0 aliphatic carbocycles. The van der Waals surface area contributed by atoms with Gasteiger partial charge in [0.05, 0.1) is 10.6 Å². The Balaban J connectivity index is 2.03. The van der Waals surface area contributed by atoms with E-state index in [1.807, 2.05) is 44.2 Å². The largest absolute Gasteiger partial charge is 0.352 e. The minimum absolute atomic E-state index is 0.0549. The van der Waals surface area contributed by atoms with E-state index in [4.69, 9.17) is 11.6 Å². The van der Waals surface area contributed by atoms with Gasteiger partial charge in [0, 0.05) is 17.6 Å². The summed E-state index contributed by atoms with van der Waals surface area (Å²) in [6, 6.07) is 21.2. The van der Waals surface area contributed by atoms with Crippen LogP contribution in [0.5, 0.6) is 0 Å². The molecule has 3 aromatic carbocycles. The summed E-state index contributed by atoms with van der Waals surface area (Å²) in [6.45, 7) is 6.90. The summed E-state index contributed by atoms with van der Waals surface area (Å²) in [5.74, 6) is -0.807. The molecule has 1 N–H and O–H groups in total. The van der Waals surface area contributed by atoms with Crippen molar-refractivity contribution in [3.63, 3.8) is 0 Å². The number of hydrogen-bond acceptors (Lipinski definition) is 4. The molecule has 0 aliphatic heterocycles. The topological polar surface area (TPSA) is 86.8 Å². The first kappa shape index (κ1) is 29.2. The molecular weight excluding hydrogens is 522 g/mol. The lowest BCUT2D eigenvalue weighted by atomic mass is 10.1. The number of hydrogen-bond donors (Lipinski definition) is 1. The second-order valence-corrected chi connectivity index (χ2v) is 11.6. The molecule has 0 saturated heterocycles. The van der Waals surface area contributed by atoms with Gasteiger partial charge in [-0.3, -0.25) is 13.9 Å². The number of anilines is 1. The molecule has 2 atom stereocenters. The second kappa shape index (κ2) is 12.9. The molecule has 0 aliphatic rings. The van der Waals surface area contributed by atoms with E-state index in [2.05, 4.69) is 5.32 Å². The van der Waals surface area contributed by atoms with Crippen molar-refractivity contribution in [2.24, 2.45) is 0 Å². The van der Waals surface area contributed by atoms with Crippen LogP contribution in [-0.4, -0.2) is 43.8 Å². The molecule has 3 rings (SSSR count). The molecule has 0 aromatic heterocycles. The van der Waals surface area contributed by atoms with Crippen LogP contribution < -0.4 is 9.62 Å². The van der Waals surface area contributed by atoms with Gasteiger partial charge in [0.25, 0.3) is 10.0 Å². The average Bonchev–Trinajstić information content (AvgIpc) is 2.91. The Morgan fingerprint density at radius 3 is 2.13 bits per heavy atom. The fraction of sp³-hybridized carbons (Fsp3) is 0.310. The fourth-order valence-electron chi connectivity index (χ4n) is 3.96. The predicted octanol–water partition coefficient (Wildman–Crippen LogP) is 5.18. The summed E-state index contributed by atoms with van der Waals surface area (Å²) < 4.78 is 28.7. The first-order valence-electron chi connectivity index (χ1n) is 12.5. The average molecular weight is 556 g/mol. The molecule has 0 heterocycles. The number of nitrogens with one attached hydrogen (secondary N) is 1. The fourth-order valence-corrected chi connectivity index (χ4v) is 5.69. The van der Waals surface area contributed by atoms with Gasteiger partial charge < -0.3 is 10.2 Å². The summed E-state index contributed by atoms with van der Waals surface area (Å²) >= 11 is 6.14. The van der Waals surface area contributed by atoms with Crippen LogP contribution in [0.1, 0.15) is 38.3 Å². The normalized spacial score (nSPS) is 12.9. The van der Waals surface area contributed by atoms with Gasteiger partial charge in [0.15, 0.2) is 0 Å². The van der Waals surface area contributed by atoms with Gasteiger partial charge in [-0.15, -0.1) is 0 Å². The molecule has 0 radical (unpaired) electrons. The van der Waals surface area contributed by atoms with Gasteiger partial charge in [0.1, 0.15) is 12.6 Å². The van der Waals surface area contributed by atoms with Crippen LogP contribution in [0.3, 0.4) is 0 Å². The number of aryl methyl sites for hydroxylation is 1. The summed E-state index contributed by atoms with van der Waals surface area (Å²) in [5.41, 5.74) is 1.76. The van der Waals surface area contributed by atoms with Gasteiger partial charge in [-0.1, -0.05) is 67.1 Å². The summed E-state index contributed by atoms with van der Waals surface area (Å²) in [4.78, 5) is 28.4. The Morgan fingerprint density at radius 2 is 1.55 bits per heavy atom.